The van der Waals surface area contributed by atoms with Gasteiger partial charge in [-0.1, -0.05) is 23.7 Å². The number of para-hydroxylation sites is 1. The van der Waals surface area contributed by atoms with Crippen molar-refractivity contribution in [2.45, 2.75) is 0 Å². The smallest absolute Gasteiger partial charge is 0.355 e. The Kier molecular flexibility index (Phi) is 5.97. The van der Waals surface area contributed by atoms with E-state index in [0.717, 1.165) is 0 Å². The first-order chi connectivity index (χ1) is 13.5. The fraction of sp³-hybridized carbons (Fsp3) is 0.167. The number of benzene rings is 1. The molecule has 0 amide bonds. The van der Waals surface area contributed by atoms with Crippen LogP contribution in [0.25, 0.3) is 22.3 Å². The fourth-order valence-electron chi connectivity index (χ4n) is 2.37. The molecule has 0 saturated carbocycles. The summed E-state index contributed by atoms with van der Waals surface area (Å²) in [4.78, 5) is 34.5. The molecule has 0 aliphatic rings. The van der Waals surface area contributed by atoms with Crippen LogP contribution in [-0.4, -0.2) is 56.9 Å². The second kappa shape index (κ2) is 8.59. The average molecular weight is 404 g/mol. The zero-order valence-corrected chi connectivity index (χ0v) is 15.1. The number of fused-ring (bicyclic) bond motifs is 1. The Morgan fingerprint density at radius 1 is 1.07 bits per heavy atom. The standard InChI is InChI=1S/C18H14ClN3O6/c19-12-3-1-2-11-15(12)21-17(22-16(11)18(25)26)10-4-5-13(20-8-10)28-7-6-27-9-14(23)24/h1-5,8H,6-7,9H2,(H,23,24)(H,25,26). The van der Waals surface area contributed by atoms with Gasteiger partial charge in [0.15, 0.2) is 11.5 Å². The second-order valence-corrected chi connectivity index (χ2v) is 5.92. The summed E-state index contributed by atoms with van der Waals surface area (Å²) < 4.78 is 10.2. The van der Waals surface area contributed by atoms with Crippen LogP contribution in [0.3, 0.4) is 0 Å². The summed E-state index contributed by atoms with van der Waals surface area (Å²) in [6, 6.07) is 8.04. The molecule has 2 aromatic heterocycles. The normalized spacial score (nSPS) is 10.8. The van der Waals surface area contributed by atoms with Crippen LogP contribution < -0.4 is 4.74 Å². The Balaban J connectivity index is 1.80. The van der Waals surface area contributed by atoms with E-state index in [1.165, 1.54) is 6.20 Å². The molecule has 0 aliphatic heterocycles. The van der Waals surface area contributed by atoms with E-state index in [4.69, 9.17) is 26.2 Å². The number of hydrogen-bond donors (Lipinski definition) is 2. The van der Waals surface area contributed by atoms with Gasteiger partial charge in [-0.15, -0.1) is 0 Å². The molecule has 0 saturated heterocycles. The van der Waals surface area contributed by atoms with Crippen molar-refractivity contribution in [2.24, 2.45) is 0 Å². The quantitative estimate of drug-likeness (QED) is 0.544. The Hall–Kier alpha value is -3.30. The molecular formula is C18H14ClN3O6. The lowest BCUT2D eigenvalue weighted by atomic mass is 10.1. The lowest BCUT2D eigenvalue weighted by Crippen LogP contribution is -2.12. The highest BCUT2D eigenvalue weighted by Crippen LogP contribution is 2.27. The molecule has 0 unspecified atom stereocenters. The van der Waals surface area contributed by atoms with Gasteiger partial charge in [-0.2, -0.15) is 0 Å². The lowest BCUT2D eigenvalue weighted by Gasteiger charge is -2.08. The maximum Gasteiger partial charge on any atom is 0.355 e. The van der Waals surface area contributed by atoms with E-state index in [1.54, 1.807) is 30.3 Å². The third kappa shape index (κ3) is 4.51. The summed E-state index contributed by atoms with van der Waals surface area (Å²) in [5.74, 6) is -1.79. The van der Waals surface area contributed by atoms with E-state index >= 15 is 0 Å². The SMILES string of the molecule is O=C(O)COCCOc1ccc(-c2nc(C(=O)O)c3cccc(Cl)c3n2)cn1. The molecule has 3 aromatic rings. The number of nitrogens with zero attached hydrogens (tertiary/aromatic N) is 3. The van der Waals surface area contributed by atoms with Crippen molar-refractivity contribution in [1.82, 2.24) is 15.0 Å². The zero-order valence-electron chi connectivity index (χ0n) is 14.3. The van der Waals surface area contributed by atoms with Gasteiger partial charge in [0.2, 0.25) is 5.88 Å². The van der Waals surface area contributed by atoms with Gasteiger partial charge < -0.3 is 19.7 Å². The number of halogens is 1. The molecule has 1 aromatic carbocycles. The predicted molar refractivity (Wildman–Crippen MR) is 98.7 cm³/mol. The van der Waals surface area contributed by atoms with Crippen molar-refractivity contribution < 1.29 is 29.3 Å². The summed E-state index contributed by atoms with van der Waals surface area (Å²) in [6.07, 6.45) is 1.44. The van der Waals surface area contributed by atoms with Gasteiger partial charge in [-0.05, 0) is 12.1 Å². The molecule has 144 valence electrons. The highest BCUT2D eigenvalue weighted by Gasteiger charge is 2.16. The Bertz CT molecular complexity index is 1030. The monoisotopic (exact) mass is 403 g/mol. The van der Waals surface area contributed by atoms with Crippen LogP contribution in [0.4, 0.5) is 0 Å². The van der Waals surface area contributed by atoms with E-state index in [-0.39, 0.29) is 24.7 Å². The van der Waals surface area contributed by atoms with Gasteiger partial charge in [0, 0.05) is 23.2 Å². The number of rotatable bonds is 8. The van der Waals surface area contributed by atoms with E-state index in [0.29, 0.717) is 27.4 Å². The van der Waals surface area contributed by atoms with Crippen molar-refractivity contribution in [3.05, 3.63) is 47.2 Å². The molecule has 0 bridgehead atoms. The van der Waals surface area contributed by atoms with Crippen LogP contribution in [0.15, 0.2) is 36.5 Å². The van der Waals surface area contributed by atoms with Gasteiger partial charge >= 0.3 is 11.9 Å². The third-order valence-corrected chi connectivity index (χ3v) is 3.88. The number of pyridine rings is 1. The van der Waals surface area contributed by atoms with E-state index < -0.39 is 18.5 Å². The molecule has 0 spiro atoms. The molecule has 2 heterocycles. The van der Waals surface area contributed by atoms with Gasteiger partial charge in [-0.25, -0.2) is 24.5 Å². The predicted octanol–water partition coefficient (Wildman–Crippen LogP) is 2.52. The summed E-state index contributed by atoms with van der Waals surface area (Å²) in [5, 5.41) is 18.6. The first-order valence-corrected chi connectivity index (χ1v) is 8.42. The maximum absolute atomic E-state index is 11.6. The van der Waals surface area contributed by atoms with Gasteiger partial charge in [0.1, 0.15) is 13.2 Å². The van der Waals surface area contributed by atoms with Gasteiger partial charge in [0.25, 0.3) is 0 Å². The van der Waals surface area contributed by atoms with Crippen LogP contribution in [-0.2, 0) is 9.53 Å². The molecule has 9 nitrogen and oxygen atoms in total. The van der Waals surface area contributed by atoms with Crippen LogP contribution in [0.5, 0.6) is 5.88 Å². The van der Waals surface area contributed by atoms with E-state index in [9.17, 15) is 14.7 Å². The van der Waals surface area contributed by atoms with Crippen LogP contribution in [0.1, 0.15) is 10.5 Å². The molecule has 2 N–H and O–H groups in total. The minimum absolute atomic E-state index is 0.101. The summed E-state index contributed by atoms with van der Waals surface area (Å²) in [7, 11) is 0. The van der Waals surface area contributed by atoms with Crippen molar-refractivity contribution >= 4 is 34.4 Å². The minimum Gasteiger partial charge on any atom is -0.480 e. The largest absolute Gasteiger partial charge is 0.480 e. The van der Waals surface area contributed by atoms with Crippen molar-refractivity contribution in [3.63, 3.8) is 0 Å². The molecule has 0 aliphatic carbocycles. The average Bonchev–Trinajstić information content (AvgIpc) is 2.67. The number of carboxylic acid groups (broad SMARTS) is 2. The zero-order chi connectivity index (χ0) is 20.1. The van der Waals surface area contributed by atoms with Crippen LogP contribution in [0, 0.1) is 0 Å². The van der Waals surface area contributed by atoms with Crippen LogP contribution >= 0.6 is 11.6 Å². The molecule has 0 atom stereocenters. The molecule has 0 radical (unpaired) electrons. The van der Waals surface area contributed by atoms with E-state index in [1.807, 2.05) is 0 Å². The van der Waals surface area contributed by atoms with Crippen molar-refractivity contribution in [3.8, 4) is 17.3 Å². The highest BCUT2D eigenvalue weighted by atomic mass is 35.5. The fourth-order valence-corrected chi connectivity index (χ4v) is 2.59. The number of aromatic nitrogens is 3. The Morgan fingerprint density at radius 2 is 1.89 bits per heavy atom. The molecular weight excluding hydrogens is 390 g/mol. The van der Waals surface area contributed by atoms with Gasteiger partial charge in [-0.3, -0.25) is 0 Å². The molecule has 10 heteroatoms. The second-order valence-electron chi connectivity index (χ2n) is 5.52. The maximum atomic E-state index is 11.6. The van der Waals surface area contributed by atoms with Gasteiger partial charge in [0.05, 0.1) is 17.1 Å². The number of aromatic carboxylic acids is 1. The number of carboxylic acids is 2. The van der Waals surface area contributed by atoms with Crippen molar-refractivity contribution in [1.29, 1.82) is 0 Å². The van der Waals surface area contributed by atoms with E-state index in [2.05, 4.69) is 15.0 Å². The lowest BCUT2D eigenvalue weighted by molar-refractivity contribution is -0.142. The minimum atomic E-state index is -1.19. The first-order valence-electron chi connectivity index (χ1n) is 8.04. The summed E-state index contributed by atoms with van der Waals surface area (Å²) >= 11 is 6.15. The Morgan fingerprint density at radius 3 is 2.57 bits per heavy atom. The van der Waals surface area contributed by atoms with Crippen molar-refractivity contribution in [2.75, 3.05) is 19.8 Å². The highest BCUT2D eigenvalue weighted by molar-refractivity contribution is 6.35. The number of hydrogen-bond acceptors (Lipinski definition) is 7. The van der Waals surface area contributed by atoms with Crippen LogP contribution in [0.2, 0.25) is 5.02 Å². The first kappa shape index (κ1) is 19.5. The summed E-state index contributed by atoms with van der Waals surface area (Å²) in [6.45, 7) is -0.168. The third-order valence-electron chi connectivity index (χ3n) is 3.58. The number of carbonyl (C=O) groups is 2. The summed E-state index contributed by atoms with van der Waals surface area (Å²) in [5.41, 5.74) is 0.666. The molecule has 28 heavy (non-hydrogen) atoms. The topological polar surface area (TPSA) is 132 Å². The Labute approximate surface area is 163 Å². The number of ether oxygens (including phenoxy) is 2. The molecule has 3 rings (SSSR count). The number of aliphatic carboxylic acids is 1. The molecule has 0 fully saturated rings.